The molecule has 2 aromatic heterocycles. The number of rotatable bonds is 7. The van der Waals surface area contributed by atoms with Crippen molar-refractivity contribution < 1.29 is 22.8 Å². The Hall–Kier alpha value is -2.88. The Morgan fingerprint density at radius 3 is 2.52 bits per heavy atom. The summed E-state index contributed by atoms with van der Waals surface area (Å²) in [5, 5.41) is 7.93. The lowest BCUT2D eigenvalue weighted by Gasteiger charge is -2.11. The first-order valence-electron chi connectivity index (χ1n) is 8.57. The number of nitrogens with one attached hydrogen (secondary N) is 3. The normalized spacial score (nSPS) is 11.1. The zero-order valence-electron chi connectivity index (χ0n) is 15.7. The van der Waals surface area contributed by atoms with Crippen LogP contribution in [0.3, 0.4) is 0 Å². The summed E-state index contributed by atoms with van der Waals surface area (Å²) in [5.74, 6) is -0.216. The number of anilines is 2. The SMILES string of the molecule is CC(=O)Nc1cc(C(=O)NCCCNc2ncc(C(F)(F)F)cc2Cl)cc(C)n1. The van der Waals surface area contributed by atoms with Gasteiger partial charge >= 0.3 is 6.18 Å². The quantitative estimate of drug-likeness (QED) is 0.584. The van der Waals surface area contributed by atoms with E-state index < -0.39 is 11.7 Å². The second-order valence-electron chi connectivity index (χ2n) is 6.15. The molecule has 0 bridgehead atoms. The molecule has 11 heteroatoms. The van der Waals surface area contributed by atoms with Crippen molar-refractivity contribution >= 4 is 35.1 Å². The monoisotopic (exact) mass is 429 g/mol. The predicted molar refractivity (Wildman–Crippen MR) is 103 cm³/mol. The van der Waals surface area contributed by atoms with Crippen LogP contribution in [0.2, 0.25) is 5.02 Å². The number of nitrogens with zero attached hydrogens (tertiary/aromatic N) is 2. The van der Waals surface area contributed by atoms with E-state index in [1.807, 2.05) is 0 Å². The molecule has 0 unspecified atom stereocenters. The van der Waals surface area contributed by atoms with Crippen molar-refractivity contribution in [2.24, 2.45) is 0 Å². The molecule has 2 aromatic rings. The Morgan fingerprint density at radius 1 is 1.17 bits per heavy atom. The molecule has 2 amide bonds. The zero-order chi connectivity index (χ0) is 21.6. The van der Waals surface area contributed by atoms with Crippen LogP contribution in [0.4, 0.5) is 24.8 Å². The molecule has 0 aromatic carbocycles. The molecule has 0 fully saturated rings. The van der Waals surface area contributed by atoms with Crippen molar-refractivity contribution in [2.75, 3.05) is 23.7 Å². The van der Waals surface area contributed by atoms with Crippen LogP contribution in [0.15, 0.2) is 24.4 Å². The highest BCUT2D eigenvalue weighted by molar-refractivity contribution is 6.32. The fourth-order valence-electron chi connectivity index (χ4n) is 2.37. The summed E-state index contributed by atoms with van der Waals surface area (Å²) >= 11 is 5.81. The van der Waals surface area contributed by atoms with Crippen molar-refractivity contribution in [3.05, 3.63) is 46.2 Å². The molecule has 156 valence electrons. The number of aromatic nitrogens is 2. The molecule has 0 spiro atoms. The second kappa shape index (κ2) is 9.55. The molecule has 0 aliphatic carbocycles. The van der Waals surface area contributed by atoms with E-state index in [0.717, 1.165) is 6.07 Å². The number of pyridine rings is 2. The van der Waals surface area contributed by atoms with Crippen LogP contribution in [-0.4, -0.2) is 34.9 Å². The largest absolute Gasteiger partial charge is 0.417 e. The molecule has 29 heavy (non-hydrogen) atoms. The highest BCUT2D eigenvalue weighted by atomic mass is 35.5. The standard InChI is InChI=1S/C18H19ClF3N5O2/c1-10-6-12(7-15(26-10)27-11(2)28)17(29)24-5-3-4-23-16-14(19)8-13(9-25-16)18(20,21)22/h6-9H,3-5H2,1-2H3,(H,23,25)(H,24,29)(H,26,27,28). The van der Waals surface area contributed by atoms with E-state index >= 15 is 0 Å². The Morgan fingerprint density at radius 2 is 1.90 bits per heavy atom. The Balaban J connectivity index is 1.83. The summed E-state index contributed by atoms with van der Waals surface area (Å²) in [4.78, 5) is 31.2. The van der Waals surface area contributed by atoms with Crippen LogP contribution in [-0.2, 0) is 11.0 Å². The van der Waals surface area contributed by atoms with Crippen molar-refractivity contribution in [1.82, 2.24) is 15.3 Å². The molecule has 0 aliphatic rings. The number of carbonyl (C=O) groups is 2. The summed E-state index contributed by atoms with van der Waals surface area (Å²) in [6.07, 6.45) is -3.33. The van der Waals surface area contributed by atoms with E-state index in [1.54, 1.807) is 13.0 Å². The van der Waals surface area contributed by atoms with Gasteiger partial charge in [-0.05, 0) is 31.5 Å². The van der Waals surface area contributed by atoms with Crippen LogP contribution < -0.4 is 16.0 Å². The number of hydrogen-bond donors (Lipinski definition) is 3. The van der Waals surface area contributed by atoms with Crippen molar-refractivity contribution in [3.8, 4) is 0 Å². The van der Waals surface area contributed by atoms with Crippen molar-refractivity contribution in [1.29, 1.82) is 0 Å². The topological polar surface area (TPSA) is 96.0 Å². The van der Waals surface area contributed by atoms with Gasteiger partial charge in [0.25, 0.3) is 5.91 Å². The van der Waals surface area contributed by atoms with Crippen LogP contribution in [0.1, 0.15) is 35.0 Å². The molecule has 0 atom stereocenters. The third-order valence-corrected chi connectivity index (χ3v) is 3.91. The first kappa shape index (κ1) is 22.4. The molecule has 0 saturated carbocycles. The number of hydrogen-bond acceptors (Lipinski definition) is 5. The summed E-state index contributed by atoms with van der Waals surface area (Å²) < 4.78 is 37.8. The average molecular weight is 430 g/mol. The van der Waals surface area contributed by atoms with E-state index in [9.17, 15) is 22.8 Å². The number of alkyl halides is 3. The summed E-state index contributed by atoms with van der Waals surface area (Å²) in [6.45, 7) is 3.69. The lowest BCUT2D eigenvalue weighted by atomic mass is 10.2. The fourth-order valence-corrected chi connectivity index (χ4v) is 2.60. The Labute approximate surface area is 170 Å². The van der Waals surface area contributed by atoms with Crippen LogP contribution >= 0.6 is 11.6 Å². The van der Waals surface area contributed by atoms with Gasteiger partial charge in [0.1, 0.15) is 11.6 Å². The predicted octanol–water partition coefficient (Wildman–Crippen LogP) is 3.65. The second-order valence-corrected chi connectivity index (χ2v) is 6.56. The van der Waals surface area contributed by atoms with Crippen molar-refractivity contribution in [2.45, 2.75) is 26.4 Å². The highest BCUT2D eigenvalue weighted by Gasteiger charge is 2.31. The maximum atomic E-state index is 12.6. The van der Waals surface area contributed by atoms with Gasteiger partial charge in [0.2, 0.25) is 5.91 Å². The van der Waals surface area contributed by atoms with E-state index in [-0.39, 0.29) is 28.5 Å². The van der Waals surface area contributed by atoms with Crippen LogP contribution in [0.25, 0.3) is 0 Å². The maximum Gasteiger partial charge on any atom is 0.417 e. The summed E-state index contributed by atoms with van der Waals surface area (Å²) in [6, 6.07) is 3.86. The van der Waals surface area contributed by atoms with E-state index in [2.05, 4.69) is 25.9 Å². The maximum absolute atomic E-state index is 12.6. The van der Waals surface area contributed by atoms with Gasteiger partial charge in [0.15, 0.2) is 0 Å². The van der Waals surface area contributed by atoms with Gasteiger partial charge in [-0.2, -0.15) is 13.2 Å². The molecular weight excluding hydrogens is 411 g/mol. The smallest absolute Gasteiger partial charge is 0.369 e. The molecule has 2 heterocycles. The number of carbonyl (C=O) groups excluding carboxylic acids is 2. The van der Waals surface area contributed by atoms with E-state index in [0.29, 0.717) is 37.0 Å². The summed E-state index contributed by atoms with van der Waals surface area (Å²) in [5.41, 5.74) is -0.000615. The van der Waals surface area contributed by atoms with E-state index in [1.165, 1.54) is 13.0 Å². The first-order chi connectivity index (χ1) is 13.6. The summed E-state index contributed by atoms with van der Waals surface area (Å²) in [7, 11) is 0. The Kier molecular flexibility index (Phi) is 7.38. The Bertz CT molecular complexity index is 906. The zero-order valence-corrected chi connectivity index (χ0v) is 16.4. The molecule has 0 saturated heterocycles. The molecule has 3 N–H and O–H groups in total. The fraction of sp³-hybridized carbons (Fsp3) is 0.333. The molecule has 2 rings (SSSR count). The first-order valence-corrected chi connectivity index (χ1v) is 8.95. The van der Waals surface area contributed by atoms with Crippen molar-refractivity contribution in [3.63, 3.8) is 0 Å². The number of halogens is 4. The van der Waals surface area contributed by atoms with Gasteiger partial charge in [-0.3, -0.25) is 9.59 Å². The number of aryl methyl sites for hydroxylation is 1. The third kappa shape index (κ3) is 6.90. The van der Waals surface area contributed by atoms with Gasteiger partial charge in [-0.1, -0.05) is 11.6 Å². The molecule has 0 radical (unpaired) electrons. The van der Waals surface area contributed by atoms with Gasteiger partial charge in [0.05, 0.1) is 10.6 Å². The molecular formula is C18H19ClF3N5O2. The van der Waals surface area contributed by atoms with Gasteiger partial charge in [-0.25, -0.2) is 9.97 Å². The average Bonchev–Trinajstić information content (AvgIpc) is 2.60. The van der Waals surface area contributed by atoms with Gasteiger partial charge < -0.3 is 16.0 Å². The van der Waals surface area contributed by atoms with E-state index in [4.69, 9.17) is 11.6 Å². The highest BCUT2D eigenvalue weighted by Crippen LogP contribution is 2.32. The minimum Gasteiger partial charge on any atom is -0.369 e. The lowest BCUT2D eigenvalue weighted by Crippen LogP contribution is -2.26. The lowest BCUT2D eigenvalue weighted by molar-refractivity contribution is -0.137. The third-order valence-electron chi connectivity index (χ3n) is 3.62. The minimum absolute atomic E-state index is 0.135. The van der Waals surface area contributed by atoms with Gasteiger partial charge in [-0.15, -0.1) is 0 Å². The van der Waals surface area contributed by atoms with Gasteiger partial charge in [0, 0.05) is 37.5 Å². The molecule has 7 nitrogen and oxygen atoms in total. The van der Waals surface area contributed by atoms with Crippen LogP contribution in [0, 0.1) is 6.92 Å². The molecule has 0 aliphatic heterocycles. The minimum atomic E-state index is -4.51. The van der Waals surface area contributed by atoms with Crippen LogP contribution in [0.5, 0.6) is 0 Å². The number of amides is 2.